The molecule has 0 spiro atoms. The van der Waals surface area contributed by atoms with Gasteiger partial charge in [-0.3, -0.25) is 9.69 Å². The molecule has 1 aromatic carbocycles. The highest BCUT2D eigenvalue weighted by Gasteiger charge is 2.13. The van der Waals surface area contributed by atoms with Gasteiger partial charge in [-0.1, -0.05) is 11.6 Å². The first-order chi connectivity index (χ1) is 13.0. The summed E-state index contributed by atoms with van der Waals surface area (Å²) in [6, 6.07) is 7.23. The predicted molar refractivity (Wildman–Crippen MR) is 106 cm³/mol. The highest BCUT2D eigenvalue weighted by Crippen LogP contribution is 2.23. The van der Waals surface area contributed by atoms with Crippen LogP contribution in [0.2, 0.25) is 5.02 Å². The van der Waals surface area contributed by atoms with Crippen molar-refractivity contribution in [1.82, 2.24) is 20.2 Å². The molecule has 27 heavy (non-hydrogen) atoms. The quantitative estimate of drug-likeness (QED) is 0.790. The van der Waals surface area contributed by atoms with E-state index in [-0.39, 0.29) is 5.91 Å². The maximum Gasteiger partial charge on any atom is 0.270 e. The van der Waals surface area contributed by atoms with Crippen LogP contribution in [0.4, 0.5) is 11.5 Å². The molecule has 144 valence electrons. The third kappa shape index (κ3) is 5.63. The number of morpholine rings is 1. The fourth-order valence-electron chi connectivity index (χ4n) is 2.90. The van der Waals surface area contributed by atoms with Gasteiger partial charge in [-0.05, 0) is 37.6 Å². The first kappa shape index (κ1) is 19.5. The topological polar surface area (TPSA) is 79.4 Å². The number of nitrogens with zero attached hydrogens (tertiary/aromatic N) is 3. The molecule has 0 atom stereocenters. The van der Waals surface area contributed by atoms with Crippen molar-refractivity contribution >= 4 is 29.0 Å². The Morgan fingerprint density at radius 1 is 1.22 bits per heavy atom. The Kier molecular flexibility index (Phi) is 6.60. The summed E-state index contributed by atoms with van der Waals surface area (Å²) < 4.78 is 5.33. The minimum Gasteiger partial charge on any atom is -0.379 e. The lowest BCUT2D eigenvalue weighted by atomic mass is 10.2. The van der Waals surface area contributed by atoms with Crippen molar-refractivity contribution in [2.75, 3.05) is 44.7 Å². The van der Waals surface area contributed by atoms with Gasteiger partial charge in [-0.25, -0.2) is 9.97 Å². The molecular weight excluding hydrogens is 366 g/mol. The lowest BCUT2D eigenvalue weighted by Gasteiger charge is -2.26. The minimum absolute atomic E-state index is 0.204. The lowest BCUT2D eigenvalue weighted by Crippen LogP contribution is -2.41. The van der Waals surface area contributed by atoms with Gasteiger partial charge < -0.3 is 15.4 Å². The molecule has 2 N–H and O–H groups in total. The van der Waals surface area contributed by atoms with E-state index in [0.29, 0.717) is 28.9 Å². The number of carbonyl (C=O) groups is 1. The third-order valence-electron chi connectivity index (χ3n) is 4.34. The molecule has 2 aromatic rings. The molecule has 1 amide bonds. The predicted octanol–water partition coefficient (Wildman–Crippen LogP) is 2.55. The van der Waals surface area contributed by atoms with Crippen molar-refractivity contribution < 1.29 is 9.53 Å². The number of ether oxygens (including phenoxy) is 1. The van der Waals surface area contributed by atoms with Gasteiger partial charge in [0.05, 0.1) is 13.2 Å². The molecule has 2 heterocycles. The monoisotopic (exact) mass is 389 g/mol. The molecule has 0 bridgehead atoms. The van der Waals surface area contributed by atoms with Gasteiger partial charge >= 0.3 is 0 Å². The Hall–Kier alpha value is -2.22. The van der Waals surface area contributed by atoms with Crippen LogP contribution in [0.25, 0.3) is 0 Å². The van der Waals surface area contributed by atoms with Gasteiger partial charge in [0.2, 0.25) is 0 Å². The van der Waals surface area contributed by atoms with E-state index in [0.717, 1.165) is 44.1 Å². The van der Waals surface area contributed by atoms with Crippen molar-refractivity contribution in [3.63, 3.8) is 0 Å². The summed E-state index contributed by atoms with van der Waals surface area (Å²) in [7, 11) is 0. The highest BCUT2D eigenvalue weighted by molar-refractivity contribution is 6.30. The van der Waals surface area contributed by atoms with E-state index in [2.05, 4.69) is 25.5 Å². The first-order valence-corrected chi connectivity index (χ1v) is 9.36. The lowest BCUT2D eigenvalue weighted by molar-refractivity contribution is 0.0383. The van der Waals surface area contributed by atoms with Crippen LogP contribution in [0, 0.1) is 13.8 Å². The van der Waals surface area contributed by atoms with Crippen LogP contribution in [-0.2, 0) is 4.74 Å². The Morgan fingerprint density at radius 3 is 2.74 bits per heavy atom. The summed E-state index contributed by atoms with van der Waals surface area (Å²) in [5, 5.41) is 6.84. The van der Waals surface area contributed by atoms with E-state index >= 15 is 0 Å². The number of benzene rings is 1. The SMILES string of the molecule is Cc1nc(Nc2ccc(Cl)cc2C)cc(C(=O)NCCN2CCOCC2)n1. The smallest absolute Gasteiger partial charge is 0.270 e. The average Bonchev–Trinajstić information content (AvgIpc) is 2.64. The number of amides is 1. The van der Waals surface area contributed by atoms with Gasteiger partial charge in [-0.15, -0.1) is 0 Å². The number of aryl methyl sites for hydroxylation is 2. The minimum atomic E-state index is -0.204. The molecule has 0 saturated carbocycles. The number of carbonyl (C=O) groups excluding carboxylic acids is 1. The van der Waals surface area contributed by atoms with Crippen molar-refractivity contribution in [3.05, 3.63) is 46.4 Å². The summed E-state index contributed by atoms with van der Waals surface area (Å²) in [6.07, 6.45) is 0. The molecule has 8 heteroatoms. The molecule has 1 aliphatic heterocycles. The number of hydrogen-bond acceptors (Lipinski definition) is 6. The zero-order valence-corrected chi connectivity index (χ0v) is 16.3. The molecule has 0 radical (unpaired) electrons. The summed E-state index contributed by atoms with van der Waals surface area (Å²) in [4.78, 5) is 23.4. The molecule has 1 saturated heterocycles. The number of halogens is 1. The zero-order chi connectivity index (χ0) is 19.2. The van der Waals surface area contributed by atoms with Gasteiger partial charge in [0.1, 0.15) is 17.3 Å². The van der Waals surface area contributed by atoms with Gasteiger partial charge in [-0.2, -0.15) is 0 Å². The van der Waals surface area contributed by atoms with E-state index in [1.807, 2.05) is 25.1 Å². The second-order valence-corrected chi connectivity index (χ2v) is 6.92. The number of hydrogen-bond donors (Lipinski definition) is 2. The Morgan fingerprint density at radius 2 is 2.00 bits per heavy atom. The number of aromatic nitrogens is 2. The maximum absolute atomic E-state index is 12.5. The van der Waals surface area contributed by atoms with E-state index in [9.17, 15) is 4.79 Å². The largest absolute Gasteiger partial charge is 0.379 e. The van der Waals surface area contributed by atoms with E-state index in [4.69, 9.17) is 16.3 Å². The molecule has 0 aliphatic carbocycles. The van der Waals surface area contributed by atoms with Gasteiger partial charge in [0.15, 0.2) is 0 Å². The summed E-state index contributed by atoms with van der Waals surface area (Å²) in [5.74, 6) is 0.904. The highest BCUT2D eigenvalue weighted by atomic mass is 35.5. The van der Waals surface area contributed by atoms with Gasteiger partial charge in [0.25, 0.3) is 5.91 Å². The van der Waals surface area contributed by atoms with Crippen LogP contribution >= 0.6 is 11.6 Å². The second kappa shape index (κ2) is 9.12. The van der Waals surface area contributed by atoms with Crippen molar-refractivity contribution in [1.29, 1.82) is 0 Å². The maximum atomic E-state index is 12.5. The first-order valence-electron chi connectivity index (χ1n) is 8.98. The Labute approximate surface area is 164 Å². The Balaban J connectivity index is 1.62. The summed E-state index contributed by atoms with van der Waals surface area (Å²) in [6.45, 7) is 8.39. The number of rotatable bonds is 6. The molecule has 1 aromatic heterocycles. The van der Waals surface area contributed by atoms with Crippen LogP contribution in [0.15, 0.2) is 24.3 Å². The number of anilines is 2. The summed E-state index contributed by atoms with van der Waals surface area (Å²) >= 11 is 6.00. The number of nitrogens with one attached hydrogen (secondary N) is 2. The molecule has 0 unspecified atom stereocenters. The fourth-order valence-corrected chi connectivity index (χ4v) is 3.12. The Bertz CT molecular complexity index is 809. The van der Waals surface area contributed by atoms with E-state index < -0.39 is 0 Å². The zero-order valence-electron chi connectivity index (χ0n) is 15.6. The average molecular weight is 390 g/mol. The molecule has 7 nitrogen and oxygen atoms in total. The molecule has 1 aliphatic rings. The fraction of sp³-hybridized carbons (Fsp3) is 0.421. The molecular formula is C19H24ClN5O2. The van der Waals surface area contributed by atoms with Crippen LogP contribution in [0.1, 0.15) is 21.9 Å². The second-order valence-electron chi connectivity index (χ2n) is 6.48. The van der Waals surface area contributed by atoms with Crippen LogP contribution in [-0.4, -0.2) is 60.2 Å². The standard InChI is InChI=1S/C19H24ClN5O2/c1-13-11-15(20)3-4-16(13)24-18-12-17(22-14(2)23-18)19(26)21-5-6-25-7-9-27-10-8-25/h3-4,11-12H,5-10H2,1-2H3,(H,21,26)(H,22,23,24). The third-order valence-corrected chi connectivity index (χ3v) is 4.57. The van der Waals surface area contributed by atoms with Crippen LogP contribution in [0.5, 0.6) is 0 Å². The van der Waals surface area contributed by atoms with Crippen molar-refractivity contribution in [2.45, 2.75) is 13.8 Å². The van der Waals surface area contributed by atoms with E-state index in [1.165, 1.54) is 0 Å². The van der Waals surface area contributed by atoms with Crippen LogP contribution in [0.3, 0.4) is 0 Å². The van der Waals surface area contributed by atoms with Gasteiger partial charge in [0, 0.05) is 43.0 Å². The molecule has 1 fully saturated rings. The van der Waals surface area contributed by atoms with Crippen molar-refractivity contribution in [2.24, 2.45) is 0 Å². The normalized spacial score (nSPS) is 14.8. The molecule has 3 rings (SSSR count). The summed E-state index contributed by atoms with van der Waals surface area (Å²) in [5.41, 5.74) is 2.23. The van der Waals surface area contributed by atoms with Crippen molar-refractivity contribution in [3.8, 4) is 0 Å². The van der Waals surface area contributed by atoms with Crippen LogP contribution < -0.4 is 10.6 Å². The van der Waals surface area contributed by atoms with E-state index in [1.54, 1.807) is 13.0 Å².